The zero-order chi connectivity index (χ0) is 13.7. The summed E-state index contributed by atoms with van der Waals surface area (Å²) in [6.07, 6.45) is -0.485. The van der Waals surface area contributed by atoms with Crippen molar-refractivity contribution in [3.63, 3.8) is 0 Å². The van der Waals surface area contributed by atoms with Gasteiger partial charge in [0.2, 0.25) is 0 Å². The molecule has 0 saturated carbocycles. The first-order chi connectivity index (χ1) is 9.05. The summed E-state index contributed by atoms with van der Waals surface area (Å²) in [7, 11) is 0. The number of halogens is 3. The van der Waals surface area contributed by atoms with Crippen LogP contribution in [-0.2, 0) is 16.7 Å². The van der Waals surface area contributed by atoms with Crippen LogP contribution in [0.3, 0.4) is 0 Å². The zero-order valence-corrected chi connectivity index (χ0v) is 11.4. The molecule has 1 aromatic carbocycles. The van der Waals surface area contributed by atoms with Crippen molar-refractivity contribution in [2.75, 3.05) is 12.4 Å². The normalized spacial score (nSPS) is 20.5. The summed E-state index contributed by atoms with van der Waals surface area (Å²) < 4.78 is 42.8. The molecule has 19 heavy (non-hydrogen) atoms. The van der Waals surface area contributed by atoms with Gasteiger partial charge in [-0.15, -0.1) is 0 Å². The first-order valence-electron chi connectivity index (χ1n) is 6.41. The maximum Gasteiger partial charge on any atom is 0.416 e. The molecule has 0 radical (unpaired) electrons. The highest BCUT2D eigenvalue weighted by Gasteiger charge is 2.29. The number of benzene rings is 1. The third-order valence-corrected chi connectivity index (χ3v) is 4.27. The Bertz CT molecular complexity index is 383. The highest BCUT2D eigenvalue weighted by Crippen LogP contribution is 2.29. The van der Waals surface area contributed by atoms with Gasteiger partial charge in [-0.25, -0.2) is 0 Å². The van der Waals surface area contributed by atoms with Gasteiger partial charge in [0.1, 0.15) is 0 Å². The van der Waals surface area contributed by atoms with Crippen molar-refractivity contribution in [2.24, 2.45) is 0 Å². The largest absolute Gasteiger partial charge is 0.416 e. The molecule has 1 aromatic rings. The van der Waals surface area contributed by atoms with Gasteiger partial charge < -0.3 is 4.74 Å². The molecule has 2 rings (SSSR count). The molecule has 5 heteroatoms. The van der Waals surface area contributed by atoms with Crippen molar-refractivity contribution in [1.82, 2.24) is 0 Å². The number of alkyl halides is 3. The van der Waals surface area contributed by atoms with E-state index in [9.17, 15) is 13.2 Å². The number of rotatable bonds is 4. The van der Waals surface area contributed by atoms with E-state index in [1.807, 2.05) is 0 Å². The monoisotopic (exact) mass is 290 g/mol. The lowest BCUT2D eigenvalue weighted by Crippen LogP contribution is -2.21. The molecule has 1 aliphatic heterocycles. The Labute approximate surface area is 115 Å². The van der Waals surface area contributed by atoms with Crippen LogP contribution in [0.4, 0.5) is 13.2 Å². The van der Waals surface area contributed by atoms with Crippen LogP contribution in [-0.4, -0.2) is 18.5 Å². The van der Waals surface area contributed by atoms with Crippen LogP contribution in [0.2, 0.25) is 0 Å². The van der Waals surface area contributed by atoms with Crippen LogP contribution in [0.15, 0.2) is 24.3 Å². The molecule has 1 unspecified atom stereocenters. The van der Waals surface area contributed by atoms with Gasteiger partial charge in [0.25, 0.3) is 0 Å². The molecule has 1 saturated heterocycles. The minimum absolute atomic E-state index is 0.313. The fourth-order valence-corrected chi connectivity index (χ4v) is 3.11. The second-order valence-electron chi connectivity index (χ2n) is 4.70. The van der Waals surface area contributed by atoms with Gasteiger partial charge in [0, 0.05) is 18.1 Å². The molecule has 0 N–H and O–H groups in total. The fourth-order valence-electron chi connectivity index (χ4n) is 2.04. The van der Waals surface area contributed by atoms with Crippen molar-refractivity contribution in [3.8, 4) is 0 Å². The van der Waals surface area contributed by atoms with Crippen LogP contribution in [0, 0.1) is 0 Å². The molecule has 1 nitrogen and oxygen atoms in total. The molecule has 1 atom stereocenters. The second-order valence-corrected chi connectivity index (χ2v) is 5.73. The van der Waals surface area contributed by atoms with Crippen LogP contribution < -0.4 is 0 Å². The van der Waals surface area contributed by atoms with Crippen LogP contribution in [0.1, 0.15) is 30.4 Å². The number of hydrogen-bond acceptors (Lipinski definition) is 2. The number of ether oxygens (including phenoxy) is 1. The molecule has 0 spiro atoms. The topological polar surface area (TPSA) is 9.23 Å². The lowest BCUT2D eigenvalue weighted by Gasteiger charge is -2.22. The predicted octanol–water partition coefficient (Wildman–Crippen LogP) is 4.51. The van der Waals surface area contributed by atoms with Gasteiger partial charge in [-0.3, -0.25) is 0 Å². The third kappa shape index (κ3) is 4.73. The molecule has 1 heterocycles. The Balaban J connectivity index is 1.76. The van der Waals surface area contributed by atoms with E-state index in [4.69, 9.17) is 4.74 Å². The summed E-state index contributed by atoms with van der Waals surface area (Å²) in [6.45, 7) is 0.839. The SMILES string of the molecule is FC(F)(F)c1ccc(CSCC2CCCCO2)cc1. The first-order valence-corrected chi connectivity index (χ1v) is 7.56. The molecule has 1 fully saturated rings. The van der Waals surface area contributed by atoms with E-state index < -0.39 is 11.7 Å². The van der Waals surface area contributed by atoms with Gasteiger partial charge in [-0.2, -0.15) is 24.9 Å². The number of hydrogen-bond donors (Lipinski definition) is 0. The third-order valence-electron chi connectivity index (χ3n) is 3.13. The maximum atomic E-state index is 12.4. The summed E-state index contributed by atoms with van der Waals surface area (Å²) in [4.78, 5) is 0. The second kappa shape index (κ2) is 6.66. The van der Waals surface area contributed by atoms with Gasteiger partial charge >= 0.3 is 6.18 Å². The Hall–Kier alpha value is -0.680. The minimum Gasteiger partial charge on any atom is -0.377 e. The highest BCUT2D eigenvalue weighted by molar-refractivity contribution is 7.98. The average molecular weight is 290 g/mol. The summed E-state index contributed by atoms with van der Waals surface area (Å²) in [5.41, 5.74) is 0.339. The smallest absolute Gasteiger partial charge is 0.377 e. The minimum atomic E-state index is -4.25. The Morgan fingerprint density at radius 3 is 2.47 bits per heavy atom. The summed E-state index contributed by atoms with van der Waals surface area (Å²) >= 11 is 1.72. The molecule has 106 valence electrons. The molecular weight excluding hydrogens is 273 g/mol. The molecule has 0 bridgehead atoms. The van der Waals surface area contributed by atoms with Crippen molar-refractivity contribution in [1.29, 1.82) is 0 Å². The first kappa shape index (κ1) is 14.7. The number of thioether (sulfide) groups is 1. The fraction of sp³-hybridized carbons (Fsp3) is 0.571. The molecule has 1 aliphatic rings. The van der Waals surface area contributed by atoms with Gasteiger partial charge in [-0.05, 0) is 37.0 Å². The Morgan fingerprint density at radius 2 is 1.89 bits per heavy atom. The van der Waals surface area contributed by atoms with Crippen molar-refractivity contribution >= 4 is 11.8 Å². The Kier molecular flexibility index (Phi) is 5.16. The van der Waals surface area contributed by atoms with Crippen LogP contribution in [0.5, 0.6) is 0 Å². The van der Waals surface area contributed by atoms with E-state index in [-0.39, 0.29) is 0 Å². The zero-order valence-electron chi connectivity index (χ0n) is 10.6. The molecule has 0 aliphatic carbocycles. The highest BCUT2D eigenvalue weighted by atomic mass is 32.2. The van der Waals surface area contributed by atoms with E-state index in [0.717, 1.165) is 48.7 Å². The quantitative estimate of drug-likeness (QED) is 0.807. The van der Waals surface area contributed by atoms with E-state index in [1.165, 1.54) is 6.42 Å². The molecular formula is C14H17F3OS. The predicted molar refractivity (Wildman–Crippen MR) is 71.2 cm³/mol. The lowest BCUT2D eigenvalue weighted by atomic mass is 10.1. The van der Waals surface area contributed by atoms with Gasteiger partial charge in [0.15, 0.2) is 0 Å². The van der Waals surface area contributed by atoms with E-state index in [0.29, 0.717) is 6.10 Å². The van der Waals surface area contributed by atoms with Crippen LogP contribution in [0.25, 0.3) is 0 Å². The molecule has 0 amide bonds. The van der Waals surface area contributed by atoms with Crippen molar-refractivity contribution < 1.29 is 17.9 Å². The van der Waals surface area contributed by atoms with Gasteiger partial charge in [0.05, 0.1) is 11.7 Å². The summed E-state index contributed by atoms with van der Waals surface area (Å²) in [5, 5.41) is 0. The van der Waals surface area contributed by atoms with E-state index in [2.05, 4.69) is 0 Å². The lowest BCUT2D eigenvalue weighted by molar-refractivity contribution is -0.137. The van der Waals surface area contributed by atoms with Crippen molar-refractivity contribution in [2.45, 2.75) is 37.3 Å². The molecule has 0 aromatic heterocycles. The van der Waals surface area contributed by atoms with Gasteiger partial charge in [-0.1, -0.05) is 12.1 Å². The standard InChI is InChI=1S/C14H17F3OS/c15-14(16,17)12-6-4-11(5-7-12)9-19-10-13-3-1-2-8-18-13/h4-7,13H,1-3,8-10H2. The van der Waals surface area contributed by atoms with E-state index >= 15 is 0 Å². The summed E-state index contributed by atoms with van der Waals surface area (Å²) in [5.74, 6) is 1.65. The maximum absolute atomic E-state index is 12.4. The van der Waals surface area contributed by atoms with Crippen molar-refractivity contribution in [3.05, 3.63) is 35.4 Å². The average Bonchev–Trinajstić information content (AvgIpc) is 2.39. The van der Waals surface area contributed by atoms with E-state index in [1.54, 1.807) is 23.9 Å². The van der Waals surface area contributed by atoms with Crippen LogP contribution >= 0.6 is 11.8 Å². The Morgan fingerprint density at radius 1 is 1.16 bits per heavy atom. The summed E-state index contributed by atoms with van der Waals surface area (Å²) in [6, 6.07) is 5.40.